The van der Waals surface area contributed by atoms with Gasteiger partial charge in [-0.25, -0.2) is 0 Å². The average Bonchev–Trinajstić information content (AvgIpc) is 3.12. The summed E-state index contributed by atoms with van der Waals surface area (Å²) in [5, 5.41) is 0. The Balaban J connectivity index is 3.14. The summed E-state index contributed by atoms with van der Waals surface area (Å²) in [5.41, 5.74) is 0. The fraction of sp³-hybridized carbons (Fsp3) is 0.938. The fourth-order valence-electron chi connectivity index (χ4n) is 7.37. The van der Waals surface area contributed by atoms with Gasteiger partial charge in [-0.05, 0) is 38.5 Å². The Bertz CT molecular complexity index is 640. The normalized spacial score (nSPS) is 11.6. The molecule has 0 radical (unpaired) electrons. The average molecular weight is 703 g/mol. The van der Waals surface area contributed by atoms with Gasteiger partial charge in [-0.2, -0.15) is 0 Å². The minimum atomic E-state index is 0.0198. The molecule has 0 spiro atoms. The van der Waals surface area contributed by atoms with Crippen LogP contribution in [0.15, 0.2) is 12.2 Å². The third kappa shape index (κ3) is 45.2. The number of ether oxygens (including phenoxy) is 1. The molecule has 298 valence electrons. The van der Waals surface area contributed by atoms with Crippen LogP contribution in [-0.4, -0.2) is 12.6 Å². The van der Waals surface area contributed by atoms with Crippen LogP contribution < -0.4 is 0 Å². The lowest BCUT2D eigenvalue weighted by Gasteiger charge is -2.06. The Labute approximate surface area is 316 Å². The van der Waals surface area contributed by atoms with Crippen LogP contribution in [0, 0.1) is 0 Å². The third-order valence-corrected chi connectivity index (χ3v) is 10.9. The first-order valence-electron chi connectivity index (χ1n) is 23.6. The van der Waals surface area contributed by atoms with E-state index in [9.17, 15) is 4.79 Å². The molecule has 0 bridgehead atoms. The molecule has 2 nitrogen and oxygen atoms in total. The highest BCUT2D eigenvalue weighted by Gasteiger charge is 2.03. The quantitative estimate of drug-likeness (QED) is 0.0359. The molecule has 2 heteroatoms. The van der Waals surface area contributed by atoms with Gasteiger partial charge in [0.2, 0.25) is 0 Å². The SMILES string of the molecule is CCCCCC/C=C\CCCCCCCC(=O)OCCCCCCCCCCCCCCCCCCCCCCCCCCCCCCCC. The monoisotopic (exact) mass is 703 g/mol. The summed E-state index contributed by atoms with van der Waals surface area (Å²) < 4.78 is 5.46. The zero-order valence-electron chi connectivity index (χ0n) is 34.9. The van der Waals surface area contributed by atoms with E-state index < -0.39 is 0 Å². The molecule has 0 fully saturated rings. The molecule has 0 aliphatic heterocycles. The van der Waals surface area contributed by atoms with Crippen molar-refractivity contribution in [1.82, 2.24) is 0 Å². The van der Waals surface area contributed by atoms with Crippen LogP contribution in [0.1, 0.15) is 284 Å². The molecule has 0 unspecified atom stereocenters. The Kier molecular flexibility index (Phi) is 45.5. The zero-order valence-corrected chi connectivity index (χ0v) is 34.9. The van der Waals surface area contributed by atoms with E-state index in [-0.39, 0.29) is 5.97 Å². The second kappa shape index (κ2) is 46.2. The Hall–Kier alpha value is -0.790. The lowest BCUT2D eigenvalue weighted by Crippen LogP contribution is -2.05. The second-order valence-electron chi connectivity index (χ2n) is 16.1. The van der Waals surface area contributed by atoms with E-state index in [0.29, 0.717) is 13.0 Å². The zero-order chi connectivity index (χ0) is 36.1. The molecule has 0 rings (SSSR count). The Morgan fingerprint density at radius 3 is 0.880 bits per heavy atom. The lowest BCUT2D eigenvalue weighted by molar-refractivity contribution is -0.143. The van der Waals surface area contributed by atoms with Crippen LogP contribution in [0.4, 0.5) is 0 Å². The molecule has 0 amide bonds. The number of allylic oxidation sites excluding steroid dienone is 2. The van der Waals surface area contributed by atoms with Crippen LogP contribution in [0.2, 0.25) is 0 Å². The maximum atomic E-state index is 12.0. The van der Waals surface area contributed by atoms with E-state index in [0.717, 1.165) is 19.3 Å². The highest BCUT2D eigenvalue weighted by Crippen LogP contribution is 2.17. The molecule has 0 heterocycles. The van der Waals surface area contributed by atoms with Crippen molar-refractivity contribution in [2.75, 3.05) is 6.61 Å². The minimum absolute atomic E-state index is 0.0198. The summed E-state index contributed by atoms with van der Waals surface area (Å²) in [6, 6.07) is 0. The van der Waals surface area contributed by atoms with Crippen LogP contribution >= 0.6 is 0 Å². The third-order valence-electron chi connectivity index (χ3n) is 10.9. The van der Waals surface area contributed by atoms with Crippen molar-refractivity contribution >= 4 is 5.97 Å². The van der Waals surface area contributed by atoms with Gasteiger partial charge in [-0.1, -0.05) is 251 Å². The Morgan fingerprint density at radius 1 is 0.320 bits per heavy atom. The second-order valence-corrected chi connectivity index (χ2v) is 16.1. The summed E-state index contributed by atoms with van der Waals surface area (Å²) in [6.45, 7) is 5.20. The smallest absolute Gasteiger partial charge is 0.305 e. The number of carbonyl (C=O) groups is 1. The highest BCUT2D eigenvalue weighted by atomic mass is 16.5. The number of hydrogen-bond donors (Lipinski definition) is 0. The molecule has 0 saturated carbocycles. The van der Waals surface area contributed by atoms with E-state index in [1.54, 1.807) is 0 Å². The minimum Gasteiger partial charge on any atom is -0.466 e. The topological polar surface area (TPSA) is 26.3 Å². The van der Waals surface area contributed by atoms with E-state index >= 15 is 0 Å². The van der Waals surface area contributed by atoms with Crippen LogP contribution in [-0.2, 0) is 9.53 Å². The van der Waals surface area contributed by atoms with Crippen molar-refractivity contribution in [2.24, 2.45) is 0 Å². The number of rotatable bonds is 44. The molecule has 0 aliphatic carbocycles. The number of unbranched alkanes of at least 4 members (excludes halogenated alkanes) is 38. The van der Waals surface area contributed by atoms with E-state index in [2.05, 4.69) is 26.0 Å². The van der Waals surface area contributed by atoms with E-state index in [4.69, 9.17) is 4.74 Å². The summed E-state index contributed by atoms with van der Waals surface area (Å²) in [5.74, 6) is 0.0198. The van der Waals surface area contributed by atoms with Gasteiger partial charge in [0.15, 0.2) is 0 Å². The van der Waals surface area contributed by atoms with Crippen LogP contribution in [0.25, 0.3) is 0 Å². The number of hydrogen-bond acceptors (Lipinski definition) is 2. The fourth-order valence-corrected chi connectivity index (χ4v) is 7.37. The summed E-state index contributed by atoms with van der Waals surface area (Å²) >= 11 is 0. The highest BCUT2D eigenvalue weighted by molar-refractivity contribution is 5.69. The first-order valence-corrected chi connectivity index (χ1v) is 23.6. The van der Waals surface area contributed by atoms with Crippen molar-refractivity contribution in [3.05, 3.63) is 12.2 Å². The molecule has 0 aromatic carbocycles. The van der Waals surface area contributed by atoms with E-state index in [1.165, 1.54) is 244 Å². The van der Waals surface area contributed by atoms with E-state index in [1.807, 2.05) is 0 Å². The molecule has 50 heavy (non-hydrogen) atoms. The van der Waals surface area contributed by atoms with Gasteiger partial charge in [-0.3, -0.25) is 4.79 Å². The standard InChI is InChI=1S/C48H94O2/c1-3-5-7-9-11-13-15-17-18-19-20-21-22-23-24-25-26-27-28-29-30-31-32-33-35-37-39-41-43-45-47-50-48(49)46-44-42-40-38-36-34-16-14-12-10-8-6-4-2/h14,16H,3-13,15,17-47H2,1-2H3/b16-14-. The molecule has 0 aromatic rings. The molecule has 0 aromatic heterocycles. The van der Waals surface area contributed by atoms with Crippen molar-refractivity contribution in [3.63, 3.8) is 0 Å². The van der Waals surface area contributed by atoms with Crippen LogP contribution in [0.3, 0.4) is 0 Å². The first-order chi connectivity index (χ1) is 24.8. The van der Waals surface area contributed by atoms with Gasteiger partial charge in [0.05, 0.1) is 6.61 Å². The summed E-state index contributed by atoms with van der Waals surface area (Å²) in [6.07, 6.45) is 62.0. The van der Waals surface area contributed by atoms with Crippen molar-refractivity contribution in [1.29, 1.82) is 0 Å². The maximum Gasteiger partial charge on any atom is 0.305 e. The lowest BCUT2D eigenvalue weighted by atomic mass is 10.0. The van der Waals surface area contributed by atoms with Gasteiger partial charge in [0.1, 0.15) is 0 Å². The van der Waals surface area contributed by atoms with Gasteiger partial charge < -0.3 is 4.74 Å². The van der Waals surface area contributed by atoms with Crippen molar-refractivity contribution in [3.8, 4) is 0 Å². The number of carbonyl (C=O) groups excluding carboxylic acids is 1. The maximum absolute atomic E-state index is 12.0. The molecular weight excluding hydrogens is 609 g/mol. The van der Waals surface area contributed by atoms with Gasteiger partial charge >= 0.3 is 5.97 Å². The molecular formula is C48H94O2. The summed E-state index contributed by atoms with van der Waals surface area (Å²) in [7, 11) is 0. The predicted molar refractivity (Wildman–Crippen MR) is 225 cm³/mol. The van der Waals surface area contributed by atoms with Crippen molar-refractivity contribution < 1.29 is 9.53 Å². The van der Waals surface area contributed by atoms with Crippen molar-refractivity contribution in [2.45, 2.75) is 284 Å². The van der Waals surface area contributed by atoms with Gasteiger partial charge in [0, 0.05) is 6.42 Å². The van der Waals surface area contributed by atoms with Gasteiger partial charge in [0.25, 0.3) is 0 Å². The van der Waals surface area contributed by atoms with Crippen LogP contribution in [0.5, 0.6) is 0 Å². The molecule has 0 saturated heterocycles. The Morgan fingerprint density at radius 2 is 0.560 bits per heavy atom. The van der Waals surface area contributed by atoms with Gasteiger partial charge in [-0.15, -0.1) is 0 Å². The number of esters is 1. The summed E-state index contributed by atoms with van der Waals surface area (Å²) in [4.78, 5) is 12.0. The molecule has 0 N–H and O–H groups in total. The first kappa shape index (κ1) is 49.2. The predicted octanol–water partition coefficient (Wildman–Crippen LogP) is 17.5. The molecule has 0 atom stereocenters. The largest absolute Gasteiger partial charge is 0.466 e. The molecule has 0 aliphatic rings.